The van der Waals surface area contributed by atoms with Crippen molar-refractivity contribution in [3.05, 3.63) is 59.8 Å². The summed E-state index contributed by atoms with van der Waals surface area (Å²) < 4.78 is 0. The van der Waals surface area contributed by atoms with Gasteiger partial charge >= 0.3 is 0 Å². The highest BCUT2D eigenvalue weighted by atomic mass is 16.1. The average Bonchev–Trinajstić information content (AvgIpc) is 2.85. The van der Waals surface area contributed by atoms with Gasteiger partial charge in [0.05, 0.1) is 17.8 Å². The van der Waals surface area contributed by atoms with Crippen LogP contribution < -0.4 is 27.3 Å². The molecular formula is C28H39N7O. The number of rotatable bonds is 10. The number of carbonyl (C=O) groups excluding carboxylic acids is 1. The number of benzene rings is 2. The summed E-state index contributed by atoms with van der Waals surface area (Å²) in [5.41, 5.74) is 7.74. The molecule has 1 amide bonds. The lowest BCUT2D eigenvalue weighted by molar-refractivity contribution is -0.115. The first-order valence-electron chi connectivity index (χ1n) is 12.6. The predicted molar refractivity (Wildman–Crippen MR) is 151 cm³/mol. The Morgan fingerprint density at radius 2 is 1.81 bits per heavy atom. The molecule has 0 atom stereocenters. The number of aliphatic imine (C=N–C) groups is 1. The first-order valence-corrected chi connectivity index (χ1v) is 12.6. The van der Waals surface area contributed by atoms with Gasteiger partial charge in [-0.25, -0.2) is 5.84 Å². The number of hydrazone groups is 1. The van der Waals surface area contributed by atoms with Crippen molar-refractivity contribution in [2.45, 2.75) is 47.0 Å². The molecule has 36 heavy (non-hydrogen) atoms. The zero-order valence-corrected chi connectivity index (χ0v) is 21.8. The molecule has 0 bridgehead atoms. The molecule has 0 unspecified atom stereocenters. The van der Waals surface area contributed by atoms with E-state index in [9.17, 15) is 4.79 Å². The van der Waals surface area contributed by atoms with Gasteiger partial charge in [-0.2, -0.15) is 5.10 Å². The van der Waals surface area contributed by atoms with Crippen LogP contribution in [0.1, 0.15) is 52.5 Å². The first-order chi connectivity index (χ1) is 17.3. The summed E-state index contributed by atoms with van der Waals surface area (Å²) >= 11 is 0. The number of nitrogens with two attached hydrogens (primary N) is 2. The maximum Gasteiger partial charge on any atom is 0.230 e. The van der Waals surface area contributed by atoms with Crippen LogP contribution in [0, 0.1) is 11.8 Å². The Bertz CT molecular complexity index is 1120. The molecule has 8 heteroatoms. The third-order valence-corrected chi connectivity index (χ3v) is 5.82. The van der Waals surface area contributed by atoms with Crippen molar-refractivity contribution in [2.24, 2.45) is 33.6 Å². The Morgan fingerprint density at radius 1 is 1.08 bits per heavy atom. The monoisotopic (exact) mass is 489 g/mol. The minimum Gasteiger partial charge on any atom is -0.369 e. The Hall–Kier alpha value is -3.65. The number of allylic oxidation sites excluding steroid dienone is 1. The second kappa shape index (κ2) is 12.9. The number of hydrogen-bond donors (Lipinski definition) is 4. The number of amidine groups is 1. The zero-order valence-electron chi connectivity index (χ0n) is 21.8. The van der Waals surface area contributed by atoms with Crippen molar-refractivity contribution in [2.75, 3.05) is 23.3 Å². The van der Waals surface area contributed by atoms with Crippen LogP contribution in [0.15, 0.2) is 64.3 Å². The topological polar surface area (TPSA) is 121 Å². The van der Waals surface area contributed by atoms with E-state index in [4.69, 9.17) is 11.7 Å². The normalized spacial score (nSPS) is 13.6. The Balaban J connectivity index is 2.05. The number of hydrazine groups is 1. The third kappa shape index (κ3) is 7.18. The fourth-order valence-corrected chi connectivity index (χ4v) is 4.39. The number of hydrogen-bond acceptors (Lipinski definition) is 6. The molecule has 0 saturated heterocycles. The summed E-state index contributed by atoms with van der Waals surface area (Å²) in [6.45, 7) is 10.6. The summed E-state index contributed by atoms with van der Waals surface area (Å²) in [6, 6.07) is 13.9. The lowest BCUT2D eigenvalue weighted by Crippen LogP contribution is -2.32. The van der Waals surface area contributed by atoms with Crippen LogP contribution in [0.4, 0.5) is 11.4 Å². The summed E-state index contributed by atoms with van der Waals surface area (Å²) in [5.74, 6) is 12.5. The second-order valence-corrected chi connectivity index (χ2v) is 9.90. The standard InChI is InChI=1S/C28H39N7O/c1-19(2)17-35(18-20(3)4)26-13-12-21(23-10-5-6-11-24(23)28(33-29)34-30)15-25(26)32-27(36)16-22-9-7-8-14-31-22/h5-6,9-15,19-20H,7-8,16-18,29-30H2,1-4H3,(H,32,36)(H,33,34). The van der Waals surface area contributed by atoms with Crippen LogP contribution in [-0.2, 0) is 4.79 Å². The summed E-state index contributed by atoms with van der Waals surface area (Å²) in [6.07, 6.45) is 5.99. The fourth-order valence-electron chi connectivity index (χ4n) is 4.39. The van der Waals surface area contributed by atoms with E-state index < -0.39 is 0 Å². The van der Waals surface area contributed by atoms with Crippen molar-refractivity contribution in [3.8, 4) is 11.1 Å². The Morgan fingerprint density at radius 3 is 2.42 bits per heavy atom. The van der Waals surface area contributed by atoms with Gasteiger partial charge in [-0.1, -0.05) is 64.1 Å². The van der Waals surface area contributed by atoms with Crippen molar-refractivity contribution in [3.63, 3.8) is 0 Å². The van der Waals surface area contributed by atoms with Crippen LogP contribution >= 0.6 is 0 Å². The minimum atomic E-state index is -0.0890. The first kappa shape index (κ1) is 26.9. The van der Waals surface area contributed by atoms with Gasteiger partial charge in [0.2, 0.25) is 5.91 Å². The van der Waals surface area contributed by atoms with E-state index in [-0.39, 0.29) is 12.3 Å². The maximum absolute atomic E-state index is 13.1. The van der Waals surface area contributed by atoms with Gasteiger partial charge in [-0.05, 0) is 47.9 Å². The van der Waals surface area contributed by atoms with Gasteiger partial charge in [0.1, 0.15) is 0 Å². The van der Waals surface area contributed by atoms with Gasteiger partial charge in [0.15, 0.2) is 5.84 Å². The average molecular weight is 490 g/mol. The summed E-state index contributed by atoms with van der Waals surface area (Å²) in [4.78, 5) is 19.8. The van der Waals surface area contributed by atoms with E-state index in [2.05, 4.69) is 65.6 Å². The van der Waals surface area contributed by atoms with E-state index in [1.807, 2.05) is 42.6 Å². The molecule has 0 aromatic heterocycles. The van der Waals surface area contributed by atoms with E-state index in [1.165, 1.54) is 0 Å². The number of amides is 1. The molecule has 1 aliphatic rings. The molecule has 0 saturated carbocycles. The highest BCUT2D eigenvalue weighted by Gasteiger charge is 2.19. The smallest absolute Gasteiger partial charge is 0.230 e. The molecule has 1 heterocycles. The van der Waals surface area contributed by atoms with E-state index in [0.29, 0.717) is 17.7 Å². The molecule has 192 valence electrons. The van der Waals surface area contributed by atoms with Gasteiger partial charge in [0, 0.05) is 30.6 Å². The Labute approximate surface area is 214 Å². The molecule has 3 rings (SSSR count). The summed E-state index contributed by atoms with van der Waals surface area (Å²) in [7, 11) is 0. The second-order valence-electron chi connectivity index (χ2n) is 9.90. The molecule has 8 nitrogen and oxygen atoms in total. The van der Waals surface area contributed by atoms with Crippen molar-refractivity contribution in [1.82, 2.24) is 5.43 Å². The van der Waals surface area contributed by atoms with Crippen molar-refractivity contribution < 1.29 is 4.79 Å². The molecule has 2 aromatic carbocycles. The molecule has 0 spiro atoms. The van der Waals surface area contributed by atoms with Gasteiger partial charge < -0.3 is 21.5 Å². The van der Waals surface area contributed by atoms with Crippen molar-refractivity contribution in [1.29, 1.82) is 0 Å². The molecular weight excluding hydrogens is 450 g/mol. The lowest BCUT2D eigenvalue weighted by atomic mass is 9.97. The van der Waals surface area contributed by atoms with Gasteiger partial charge in [0.25, 0.3) is 0 Å². The van der Waals surface area contributed by atoms with E-state index in [1.54, 1.807) is 0 Å². The Kier molecular flexibility index (Phi) is 9.64. The third-order valence-electron chi connectivity index (χ3n) is 5.82. The highest BCUT2D eigenvalue weighted by Crippen LogP contribution is 2.34. The number of nitrogens with zero attached hydrogens (tertiary/aromatic N) is 3. The van der Waals surface area contributed by atoms with Crippen LogP contribution in [0.3, 0.4) is 0 Å². The van der Waals surface area contributed by atoms with Gasteiger partial charge in [-0.15, -0.1) is 0 Å². The lowest BCUT2D eigenvalue weighted by Gasteiger charge is -2.31. The van der Waals surface area contributed by atoms with Gasteiger partial charge in [-0.3, -0.25) is 9.79 Å². The van der Waals surface area contributed by atoms with Crippen molar-refractivity contribution >= 4 is 29.3 Å². The van der Waals surface area contributed by atoms with Crippen LogP contribution in [0.5, 0.6) is 0 Å². The maximum atomic E-state index is 13.1. The predicted octanol–water partition coefficient (Wildman–Crippen LogP) is 4.63. The largest absolute Gasteiger partial charge is 0.369 e. The number of nitrogens with one attached hydrogen (secondary N) is 2. The zero-order chi connectivity index (χ0) is 26.1. The van der Waals surface area contributed by atoms with E-state index in [0.717, 1.165) is 59.7 Å². The SMILES string of the molecule is CC(C)CN(CC(C)C)c1ccc(-c2ccccc2/C(=N/N)NN)cc1NC(=O)CC1=CCCC=N1. The fraction of sp³-hybridized carbons (Fsp3) is 0.393. The molecule has 0 fully saturated rings. The summed E-state index contributed by atoms with van der Waals surface area (Å²) in [5, 5.41) is 6.97. The highest BCUT2D eigenvalue weighted by molar-refractivity contribution is 6.05. The van der Waals surface area contributed by atoms with Crippen LogP contribution in [-0.4, -0.2) is 31.0 Å². The van der Waals surface area contributed by atoms with Crippen LogP contribution in [0.2, 0.25) is 0 Å². The molecule has 0 radical (unpaired) electrons. The molecule has 1 aliphatic heterocycles. The minimum absolute atomic E-state index is 0.0890. The quantitative estimate of drug-likeness (QED) is 0.168. The molecule has 6 N–H and O–H groups in total. The van der Waals surface area contributed by atoms with Crippen LogP contribution in [0.25, 0.3) is 11.1 Å². The number of carbonyl (C=O) groups is 1. The molecule has 2 aromatic rings. The van der Waals surface area contributed by atoms with E-state index >= 15 is 0 Å². The molecule has 0 aliphatic carbocycles. The number of anilines is 2.